The Hall–Kier alpha value is -2.90. The Morgan fingerprint density at radius 3 is 2.53 bits per heavy atom. The number of benzene rings is 2. The highest BCUT2D eigenvalue weighted by Gasteiger charge is 2.49. The molecule has 3 unspecified atom stereocenters. The van der Waals surface area contributed by atoms with Crippen LogP contribution in [0.2, 0.25) is 5.02 Å². The van der Waals surface area contributed by atoms with Crippen molar-refractivity contribution in [1.82, 2.24) is 10.0 Å². The molecule has 2 aromatic carbocycles. The first-order valence-electron chi connectivity index (χ1n) is 10.8. The van der Waals surface area contributed by atoms with E-state index in [0.29, 0.717) is 34.7 Å². The van der Waals surface area contributed by atoms with Gasteiger partial charge in [-0.25, -0.2) is 5.01 Å². The Morgan fingerprint density at radius 2 is 1.84 bits per heavy atom. The SMILES string of the molecule is CCOC(=O)C1CCCCN1N1C(=O)c2ccccc2C(C(=O)O)C1c1ccc(Cl)cc1. The number of fused-ring (bicyclic) bond motifs is 1. The van der Waals surface area contributed by atoms with Gasteiger partial charge in [-0.15, -0.1) is 0 Å². The van der Waals surface area contributed by atoms with Crippen molar-refractivity contribution in [3.63, 3.8) is 0 Å². The molecule has 1 saturated heterocycles. The monoisotopic (exact) mass is 456 g/mol. The highest BCUT2D eigenvalue weighted by molar-refractivity contribution is 6.30. The molecule has 4 rings (SSSR count). The van der Waals surface area contributed by atoms with E-state index in [1.807, 2.05) is 0 Å². The molecule has 32 heavy (non-hydrogen) atoms. The maximum absolute atomic E-state index is 13.8. The second kappa shape index (κ2) is 9.30. The molecular formula is C24H25ClN2O5. The molecule has 0 radical (unpaired) electrons. The Balaban J connectivity index is 1.89. The van der Waals surface area contributed by atoms with Crippen molar-refractivity contribution in [3.8, 4) is 0 Å². The van der Waals surface area contributed by atoms with E-state index < -0.39 is 29.9 Å². The third-order valence-corrected chi connectivity index (χ3v) is 6.35. The van der Waals surface area contributed by atoms with Gasteiger partial charge in [-0.1, -0.05) is 41.9 Å². The first-order chi connectivity index (χ1) is 15.4. The molecule has 8 heteroatoms. The fraction of sp³-hybridized carbons (Fsp3) is 0.375. The van der Waals surface area contributed by atoms with Crippen LogP contribution in [-0.4, -0.2) is 52.2 Å². The normalized spacial score (nSPS) is 23.5. The van der Waals surface area contributed by atoms with E-state index in [-0.39, 0.29) is 12.5 Å². The van der Waals surface area contributed by atoms with Gasteiger partial charge in [-0.3, -0.25) is 19.4 Å². The topological polar surface area (TPSA) is 87.2 Å². The molecule has 2 aliphatic rings. The maximum atomic E-state index is 13.8. The van der Waals surface area contributed by atoms with Crippen molar-refractivity contribution >= 4 is 29.4 Å². The van der Waals surface area contributed by atoms with Gasteiger partial charge in [0.1, 0.15) is 12.0 Å². The largest absolute Gasteiger partial charge is 0.481 e. The van der Waals surface area contributed by atoms with Gasteiger partial charge in [-0.05, 0) is 55.5 Å². The quantitative estimate of drug-likeness (QED) is 0.683. The molecule has 168 valence electrons. The molecular weight excluding hydrogens is 432 g/mol. The van der Waals surface area contributed by atoms with Crippen molar-refractivity contribution in [3.05, 3.63) is 70.2 Å². The first-order valence-corrected chi connectivity index (χ1v) is 11.2. The molecule has 3 atom stereocenters. The Kier molecular flexibility index (Phi) is 6.48. The standard InChI is InChI=1S/C24H25ClN2O5/c1-2-32-24(31)19-9-5-6-14-26(19)27-21(15-10-12-16(25)13-11-15)20(23(29)30)17-7-3-4-8-18(17)22(27)28/h3-4,7-8,10-13,19-21H,2,5-6,9,14H2,1H3,(H,29,30). The summed E-state index contributed by atoms with van der Waals surface area (Å²) < 4.78 is 5.29. The summed E-state index contributed by atoms with van der Waals surface area (Å²) in [5, 5.41) is 14.0. The number of hydrogen-bond donors (Lipinski definition) is 1. The van der Waals surface area contributed by atoms with Crippen LogP contribution in [0.15, 0.2) is 48.5 Å². The predicted molar refractivity (Wildman–Crippen MR) is 118 cm³/mol. The average molecular weight is 457 g/mol. The number of aliphatic carboxylic acids is 1. The lowest BCUT2D eigenvalue weighted by atomic mass is 9.80. The number of carboxylic acid groups (broad SMARTS) is 1. The van der Waals surface area contributed by atoms with Gasteiger partial charge < -0.3 is 9.84 Å². The van der Waals surface area contributed by atoms with Gasteiger partial charge in [0.25, 0.3) is 5.91 Å². The molecule has 0 aromatic heterocycles. The molecule has 2 aromatic rings. The zero-order chi connectivity index (χ0) is 22.8. The summed E-state index contributed by atoms with van der Waals surface area (Å²) in [5.41, 5.74) is 1.43. The number of rotatable bonds is 5. The summed E-state index contributed by atoms with van der Waals surface area (Å²) >= 11 is 6.08. The Morgan fingerprint density at radius 1 is 1.12 bits per heavy atom. The molecule has 1 N–H and O–H groups in total. The van der Waals surface area contributed by atoms with E-state index in [9.17, 15) is 19.5 Å². The van der Waals surface area contributed by atoms with E-state index in [2.05, 4.69) is 0 Å². The fourth-order valence-corrected chi connectivity index (χ4v) is 4.84. The summed E-state index contributed by atoms with van der Waals surface area (Å²) in [6.45, 7) is 2.43. The number of piperidine rings is 1. The summed E-state index contributed by atoms with van der Waals surface area (Å²) in [4.78, 5) is 39.1. The third kappa shape index (κ3) is 3.98. The zero-order valence-electron chi connectivity index (χ0n) is 17.7. The Bertz CT molecular complexity index is 1030. The van der Waals surface area contributed by atoms with E-state index in [1.165, 1.54) is 5.01 Å². The minimum Gasteiger partial charge on any atom is -0.481 e. The van der Waals surface area contributed by atoms with Crippen molar-refractivity contribution in [1.29, 1.82) is 0 Å². The second-order valence-corrected chi connectivity index (χ2v) is 8.41. The number of carbonyl (C=O) groups excluding carboxylic acids is 2. The van der Waals surface area contributed by atoms with E-state index in [0.717, 1.165) is 12.8 Å². The van der Waals surface area contributed by atoms with Crippen LogP contribution in [0.3, 0.4) is 0 Å². The van der Waals surface area contributed by atoms with Crippen LogP contribution in [0.5, 0.6) is 0 Å². The Labute approximate surface area is 191 Å². The number of hydrogen-bond acceptors (Lipinski definition) is 5. The fourth-order valence-electron chi connectivity index (χ4n) is 4.71. The lowest BCUT2D eigenvalue weighted by Gasteiger charge is -2.49. The molecule has 0 bridgehead atoms. The molecule has 1 amide bonds. The van der Waals surface area contributed by atoms with E-state index in [1.54, 1.807) is 60.5 Å². The van der Waals surface area contributed by atoms with Crippen LogP contribution < -0.4 is 0 Å². The van der Waals surface area contributed by atoms with Gasteiger partial charge in [-0.2, -0.15) is 0 Å². The zero-order valence-corrected chi connectivity index (χ0v) is 18.5. The summed E-state index contributed by atoms with van der Waals surface area (Å²) in [7, 11) is 0. The minimum atomic E-state index is -1.04. The molecule has 0 spiro atoms. The van der Waals surface area contributed by atoms with E-state index >= 15 is 0 Å². The lowest BCUT2D eigenvalue weighted by Crippen LogP contribution is -2.60. The average Bonchev–Trinajstić information content (AvgIpc) is 2.79. The highest BCUT2D eigenvalue weighted by Crippen LogP contribution is 2.45. The molecule has 2 aliphatic heterocycles. The number of halogens is 1. The number of ether oxygens (including phenoxy) is 1. The molecule has 2 heterocycles. The lowest BCUT2D eigenvalue weighted by molar-refractivity contribution is -0.164. The summed E-state index contributed by atoms with van der Waals surface area (Å²) in [5.74, 6) is -2.77. The number of esters is 1. The van der Waals surface area contributed by atoms with Gasteiger partial charge in [0.2, 0.25) is 0 Å². The van der Waals surface area contributed by atoms with Crippen LogP contribution >= 0.6 is 11.6 Å². The minimum absolute atomic E-state index is 0.234. The smallest absolute Gasteiger partial charge is 0.325 e. The van der Waals surface area contributed by atoms with E-state index in [4.69, 9.17) is 16.3 Å². The van der Waals surface area contributed by atoms with Crippen LogP contribution in [-0.2, 0) is 14.3 Å². The maximum Gasteiger partial charge on any atom is 0.325 e. The number of nitrogens with zero attached hydrogens (tertiary/aromatic N) is 2. The molecule has 0 saturated carbocycles. The molecule has 0 aliphatic carbocycles. The number of amides is 1. The van der Waals surface area contributed by atoms with Crippen molar-refractivity contribution in [2.75, 3.05) is 13.2 Å². The van der Waals surface area contributed by atoms with Gasteiger partial charge >= 0.3 is 11.9 Å². The summed E-state index contributed by atoms with van der Waals surface area (Å²) in [6.07, 6.45) is 2.15. The van der Waals surface area contributed by atoms with Gasteiger partial charge in [0.05, 0.1) is 12.6 Å². The van der Waals surface area contributed by atoms with Crippen molar-refractivity contribution in [2.24, 2.45) is 0 Å². The van der Waals surface area contributed by atoms with Gasteiger partial charge in [0.15, 0.2) is 0 Å². The predicted octanol–water partition coefficient (Wildman–Crippen LogP) is 4.04. The van der Waals surface area contributed by atoms with Crippen LogP contribution in [0, 0.1) is 0 Å². The number of carboxylic acids is 1. The van der Waals surface area contributed by atoms with Crippen LogP contribution in [0.1, 0.15) is 59.6 Å². The number of hydrazine groups is 1. The van der Waals surface area contributed by atoms with Gasteiger partial charge in [0, 0.05) is 17.1 Å². The second-order valence-electron chi connectivity index (χ2n) is 7.98. The molecule has 7 nitrogen and oxygen atoms in total. The molecule has 1 fully saturated rings. The first kappa shape index (κ1) is 22.3. The highest BCUT2D eigenvalue weighted by atomic mass is 35.5. The van der Waals surface area contributed by atoms with Crippen molar-refractivity contribution < 1.29 is 24.2 Å². The number of carbonyl (C=O) groups is 3. The van der Waals surface area contributed by atoms with Crippen LogP contribution in [0.4, 0.5) is 0 Å². The van der Waals surface area contributed by atoms with Crippen molar-refractivity contribution in [2.45, 2.75) is 44.2 Å². The van der Waals surface area contributed by atoms with Crippen LogP contribution in [0.25, 0.3) is 0 Å². The summed E-state index contributed by atoms with van der Waals surface area (Å²) in [6, 6.07) is 12.1. The third-order valence-electron chi connectivity index (χ3n) is 6.10.